The number of ether oxygens (including phenoxy) is 2. The van der Waals surface area contributed by atoms with Crippen molar-refractivity contribution in [2.24, 2.45) is 7.05 Å². The highest BCUT2D eigenvalue weighted by Crippen LogP contribution is 2.35. The quantitative estimate of drug-likeness (QED) is 0.849. The lowest BCUT2D eigenvalue weighted by Gasteiger charge is -2.10. The van der Waals surface area contributed by atoms with E-state index in [9.17, 15) is 0 Å². The number of H-pyrrole nitrogens is 1. The van der Waals surface area contributed by atoms with E-state index < -0.39 is 0 Å². The first-order valence-electron chi connectivity index (χ1n) is 5.01. The van der Waals surface area contributed by atoms with Gasteiger partial charge < -0.3 is 9.47 Å². The minimum Gasteiger partial charge on any atom is -0.496 e. The van der Waals surface area contributed by atoms with Crippen molar-refractivity contribution < 1.29 is 9.47 Å². The van der Waals surface area contributed by atoms with E-state index in [1.165, 1.54) is 0 Å². The number of methoxy groups -OCH3 is 2. The van der Waals surface area contributed by atoms with Crippen LogP contribution in [0.25, 0.3) is 11.4 Å². The Morgan fingerprint density at radius 2 is 1.82 bits per heavy atom. The van der Waals surface area contributed by atoms with Gasteiger partial charge in [0, 0.05) is 7.05 Å². The lowest BCUT2D eigenvalue weighted by Crippen LogP contribution is -1.95. The number of benzene rings is 1. The van der Waals surface area contributed by atoms with Gasteiger partial charge in [-0.15, -0.1) is 0 Å². The van der Waals surface area contributed by atoms with E-state index in [4.69, 9.17) is 21.7 Å². The predicted octanol–water partition coefficient (Wildman–Crippen LogP) is 2.16. The Labute approximate surface area is 104 Å². The van der Waals surface area contributed by atoms with Crippen LogP contribution in [0.15, 0.2) is 18.2 Å². The molecule has 90 valence electrons. The van der Waals surface area contributed by atoms with Crippen molar-refractivity contribution in [2.75, 3.05) is 14.2 Å². The molecule has 0 aliphatic carbocycles. The van der Waals surface area contributed by atoms with Crippen LogP contribution < -0.4 is 9.47 Å². The minimum absolute atomic E-state index is 0.480. The largest absolute Gasteiger partial charge is 0.496 e. The van der Waals surface area contributed by atoms with E-state index in [1.807, 2.05) is 18.2 Å². The first-order chi connectivity index (χ1) is 8.17. The molecule has 5 nitrogen and oxygen atoms in total. The molecule has 1 N–H and O–H groups in total. The van der Waals surface area contributed by atoms with Crippen molar-refractivity contribution >= 4 is 12.2 Å². The summed E-state index contributed by atoms with van der Waals surface area (Å²) in [5.41, 5.74) is 0.768. The Bertz CT molecular complexity index is 566. The normalized spacial score (nSPS) is 10.3. The van der Waals surface area contributed by atoms with Crippen LogP contribution in [0.4, 0.5) is 0 Å². The molecule has 0 aliphatic heterocycles. The van der Waals surface area contributed by atoms with E-state index in [-0.39, 0.29) is 0 Å². The van der Waals surface area contributed by atoms with Crippen LogP contribution in [0, 0.1) is 4.77 Å². The molecule has 0 unspecified atom stereocenters. The molecule has 0 radical (unpaired) electrons. The van der Waals surface area contributed by atoms with Gasteiger partial charge in [0.15, 0.2) is 5.82 Å². The van der Waals surface area contributed by atoms with Crippen LogP contribution in [0.2, 0.25) is 0 Å². The molecule has 0 saturated heterocycles. The third-order valence-electron chi connectivity index (χ3n) is 2.43. The summed E-state index contributed by atoms with van der Waals surface area (Å²) >= 11 is 5.07. The number of aromatic amines is 1. The number of aromatic nitrogens is 3. The van der Waals surface area contributed by atoms with Crippen molar-refractivity contribution in [3.05, 3.63) is 23.0 Å². The van der Waals surface area contributed by atoms with Gasteiger partial charge in [-0.2, -0.15) is 4.98 Å². The van der Waals surface area contributed by atoms with Gasteiger partial charge in [-0.05, 0) is 24.4 Å². The molecule has 0 amide bonds. The molecule has 0 aliphatic rings. The summed E-state index contributed by atoms with van der Waals surface area (Å²) in [5, 5.41) is 3.05. The maximum atomic E-state index is 5.31. The standard InChI is InChI=1S/C11H13N3O2S/c1-14-11(17)12-10(13-14)9-7(15-2)5-4-6-8(9)16-3/h4-6H,1-3H3,(H,12,13,17). The molecular weight excluding hydrogens is 238 g/mol. The van der Waals surface area contributed by atoms with Crippen molar-refractivity contribution in [1.29, 1.82) is 0 Å². The van der Waals surface area contributed by atoms with Crippen molar-refractivity contribution in [2.45, 2.75) is 0 Å². The fourth-order valence-electron chi connectivity index (χ4n) is 1.60. The van der Waals surface area contributed by atoms with Crippen LogP contribution >= 0.6 is 12.2 Å². The van der Waals surface area contributed by atoms with Gasteiger partial charge in [0.1, 0.15) is 17.1 Å². The van der Waals surface area contributed by atoms with Crippen LogP contribution in [0.1, 0.15) is 0 Å². The number of rotatable bonds is 3. The Kier molecular flexibility index (Phi) is 3.14. The molecular formula is C11H13N3O2S. The highest BCUT2D eigenvalue weighted by molar-refractivity contribution is 7.71. The van der Waals surface area contributed by atoms with Gasteiger partial charge in [0.25, 0.3) is 0 Å². The van der Waals surface area contributed by atoms with E-state index >= 15 is 0 Å². The zero-order valence-corrected chi connectivity index (χ0v) is 10.7. The summed E-state index contributed by atoms with van der Waals surface area (Å²) in [6, 6.07) is 5.56. The lowest BCUT2D eigenvalue weighted by molar-refractivity contribution is 0.397. The molecule has 2 aromatic rings. The molecule has 17 heavy (non-hydrogen) atoms. The van der Waals surface area contributed by atoms with E-state index in [0.717, 1.165) is 5.56 Å². The Balaban J connectivity index is 2.68. The molecule has 1 heterocycles. The summed E-state index contributed by atoms with van der Waals surface area (Å²) in [6.45, 7) is 0. The van der Waals surface area contributed by atoms with Gasteiger partial charge in [-0.3, -0.25) is 9.78 Å². The molecule has 1 aromatic heterocycles. The summed E-state index contributed by atoms with van der Waals surface area (Å²) in [6.07, 6.45) is 0. The molecule has 0 spiro atoms. The summed E-state index contributed by atoms with van der Waals surface area (Å²) < 4.78 is 12.8. The van der Waals surface area contributed by atoms with Gasteiger partial charge >= 0.3 is 0 Å². The predicted molar refractivity (Wildman–Crippen MR) is 66.9 cm³/mol. The van der Waals surface area contributed by atoms with E-state index in [0.29, 0.717) is 22.1 Å². The first kappa shape index (κ1) is 11.7. The third kappa shape index (κ3) is 2.03. The molecule has 0 bridgehead atoms. The fraction of sp³-hybridized carbons (Fsp3) is 0.273. The number of hydrogen-bond donors (Lipinski definition) is 1. The van der Waals surface area contributed by atoms with Crippen LogP contribution in [-0.4, -0.2) is 29.0 Å². The third-order valence-corrected chi connectivity index (χ3v) is 2.80. The van der Waals surface area contributed by atoms with Crippen LogP contribution in [0.5, 0.6) is 11.5 Å². The Hall–Kier alpha value is -1.82. The molecule has 0 fully saturated rings. The van der Waals surface area contributed by atoms with Crippen molar-refractivity contribution in [3.63, 3.8) is 0 Å². The van der Waals surface area contributed by atoms with Gasteiger partial charge in [0.2, 0.25) is 4.77 Å². The summed E-state index contributed by atoms with van der Waals surface area (Å²) in [7, 11) is 5.02. The highest BCUT2D eigenvalue weighted by Gasteiger charge is 2.15. The Morgan fingerprint density at radius 1 is 1.24 bits per heavy atom. The monoisotopic (exact) mass is 251 g/mol. The van der Waals surface area contributed by atoms with Crippen molar-refractivity contribution in [3.8, 4) is 22.9 Å². The number of aryl methyl sites for hydroxylation is 1. The second-order valence-electron chi connectivity index (χ2n) is 3.45. The maximum absolute atomic E-state index is 5.31. The fourth-order valence-corrected chi connectivity index (χ4v) is 1.74. The van der Waals surface area contributed by atoms with Crippen molar-refractivity contribution in [1.82, 2.24) is 14.8 Å². The summed E-state index contributed by atoms with van der Waals surface area (Å²) in [5.74, 6) is 2.01. The van der Waals surface area contributed by atoms with E-state index in [2.05, 4.69) is 10.1 Å². The maximum Gasteiger partial charge on any atom is 0.216 e. The summed E-state index contributed by atoms with van der Waals surface area (Å²) in [4.78, 5) is 4.26. The highest BCUT2D eigenvalue weighted by atomic mass is 32.1. The van der Waals surface area contributed by atoms with Crippen LogP contribution in [-0.2, 0) is 7.05 Å². The first-order valence-corrected chi connectivity index (χ1v) is 5.42. The second kappa shape index (κ2) is 4.58. The molecule has 0 saturated carbocycles. The second-order valence-corrected chi connectivity index (χ2v) is 3.82. The Morgan fingerprint density at radius 3 is 2.24 bits per heavy atom. The smallest absolute Gasteiger partial charge is 0.216 e. The average molecular weight is 251 g/mol. The SMILES string of the molecule is COc1cccc(OC)c1-c1nc(=S)n(C)[nH]1. The average Bonchev–Trinajstić information content (AvgIpc) is 2.68. The van der Waals surface area contributed by atoms with Crippen LogP contribution in [0.3, 0.4) is 0 Å². The topological polar surface area (TPSA) is 52.1 Å². The molecule has 0 atom stereocenters. The zero-order chi connectivity index (χ0) is 12.4. The minimum atomic E-state index is 0.480. The van der Waals surface area contributed by atoms with Gasteiger partial charge in [-0.1, -0.05) is 6.07 Å². The molecule has 2 rings (SSSR count). The van der Waals surface area contributed by atoms with Gasteiger partial charge in [-0.25, -0.2) is 0 Å². The van der Waals surface area contributed by atoms with Gasteiger partial charge in [0.05, 0.1) is 14.2 Å². The number of nitrogens with one attached hydrogen (secondary N) is 1. The number of hydrogen-bond acceptors (Lipinski definition) is 4. The lowest BCUT2D eigenvalue weighted by atomic mass is 10.1. The molecule has 1 aromatic carbocycles. The molecule has 6 heteroatoms. The number of nitrogens with zero attached hydrogens (tertiary/aromatic N) is 2. The van der Waals surface area contributed by atoms with E-state index in [1.54, 1.807) is 25.9 Å². The zero-order valence-electron chi connectivity index (χ0n) is 9.85.